The number of nitrogens with zero attached hydrogens (tertiary/aromatic N) is 3. The molecule has 0 aliphatic heterocycles. The third-order valence-electron chi connectivity index (χ3n) is 3.19. The number of rotatable bonds is 8. The van der Waals surface area contributed by atoms with Crippen LogP contribution in [0.25, 0.3) is 0 Å². The first-order valence-electron chi connectivity index (χ1n) is 7.73. The van der Waals surface area contributed by atoms with Crippen LogP contribution in [-0.2, 0) is 11.2 Å². The van der Waals surface area contributed by atoms with Gasteiger partial charge in [-0.05, 0) is 25.0 Å². The van der Waals surface area contributed by atoms with Crippen LogP contribution >= 0.6 is 22.9 Å². The van der Waals surface area contributed by atoms with Crippen molar-refractivity contribution in [3.8, 4) is 0 Å². The molecule has 7 heteroatoms. The van der Waals surface area contributed by atoms with Gasteiger partial charge in [0.15, 0.2) is 5.13 Å². The first-order chi connectivity index (χ1) is 11.1. The predicted octanol–water partition coefficient (Wildman–Crippen LogP) is 4.13. The molecule has 0 aliphatic carbocycles. The Morgan fingerprint density at radius 3 is 2.65 bits per heavy atom. The van der Waals surface area contributed by atoms with E-state index in [0.29, 0.717) is 17.3 Å². The molecule has 124 valence electrons. The topological polar surface area (TPSA) is 58.1 Å². The average Bonchev–Trinajstić information content (AvgIpc) is 2.96. The lowest BCUT2D eigenvalue weighted by Crippen LogP contribution is -2.33. The SMILES string of the molecule is CCCN(CCC)C(=O)Cc1csc(Nc2ccc(Cl)cn2)n1. The van der Waals surface area contributed by atoms with E-state index in [4.69, 9.17) is 11.6 Å². The van der Waals surface area contributed by atoms with Crippen LogP contribution in [0.2, 0.25) is 5.02 Å². The third-order valence-corrected chi connectivity index (χ3v) is 4.22. The fraction of sp³-hybridized carbons (Fsp3) is 0.438. The van der Waals surface area contributed by atoms with Crippen molar-refractivity contribution in [2.45, 2.75) is 33.1 Å². The van der Waals surface area contributed by atoms with Crippen LogP contribution in [0.4, 0.5) is 10.9 Å². The molecule has 1 N–H and O–H groups in total. The Labute approximate surface area is 145 Å². The monoisotopic (exact) mass is 352 g/mol. The number of pyridine rings is 1. The molecule has 0 saturated carbocycles. The predicted molar refractivity (Wildman–Crippen MR) is 95.5 cm³/mol. The van der Waals surface area contributed by atoms with Crippen molar-refractivity contribution in [1.82, 2.24) is 14.9 Å². The molecule has 23 heavy (non-hydrogen) atoms. The molecule has 0 atom stereocenters. The zero-order valence-corrected chi connectivity index (χ0v) is 15.0. The van der Waals surface area contributed by atoms with Crippen molar-refractivity contribution < 1.29 is 4.79 Å². The molecule has 2 heterocycles. The Bertz CT molecular complexity index is 623. The summed E-state index contributed by atoms with van der Waals surface area (Å²) in [6.07, 6.45) is 3.86. The zero-order chi connectivity index (χ0) is 16.7. The average molecular weight is 353 g/mol. The summed E-state index contributed by atoms with van der Waals surface area (Å²) >= 11 is 7.27. The van der Waals surface area contributed by atoms with E-state index >= 15 is 0 Å². The quantitative estimate of drug-likeness (QED) is 0.776. The Kier molecular flexibility index (Phi) is 6.80. The van der Waals surface area contributed by atoms with Gasteiger partial charge in [-0.2, -0.15) is 0 Å². The molecule has 2 rings (SSSR count). The molecule has 0 fully saturated rings. The van der Waals surface area contributed by atoms with E-state index in [1.54, 1.807) is 18.3 Å². The van der Waals surface area contributed by atoms with E-state index in [9.17, 15) is 4.79 Å². The molecule has 1 amide bonds. The summed E-state index contributed by atoms with van der Waals surface area (Å²) in [5.74, 6) is 0.815. The van der Waals surface area contributed by atoms with E-state index in [-0.39, 0.29) is 5.91 Å². The highest BCUT2D eigenvalue weighted by molar-refractivity contribution is 7.13. The third kappa shape index (κ3) is 5.48. The van der Waals surface area contributed by atoms with E-state index in [0.717, 1.165) is 36.8 Å². The number of hydrogen-bond donors (Lipinski definition) is 1. The zero-order valence-electron chi connectivity index (χ0n) is 13.4. The van der Waals surface area contributed by atoms with Gasteiger partial charge in [0.2, 0.25) is 5.91 Å². The van der Waals surface area contributed by atoms with Crippen LogP contribution in [0.15, 0.2) is 23.7 Å². The number of nitrogens with one attached hydrogen (secondary N) is 1. The molecule has 5 nitrogen and oxygen atoms in total. The molecule has 0 bridgehead atoms. The lowest BCUT2D eigenvalue weighted by molar-refractivity contribution is -0.130. The summed E-state index contributed by atoms with van der Waals surface area (Å²) < 4.78 is 0. The summed E-state index contributed by atoms with van der Waals surface area (Å²) in [5, 5.41) is 6.34. The largest absolute Gasteiger partial charge is 0.342 e. The van der Waals surface area contributed by atoms with Gasteiger partial charge in [0.1, 0.15) is 5.82 Å². The maximum atomic E-state index is 12.3. The molecule has 0 aliphatic rings. The van der Waals surface area contributed by atoms with E-state index in [1.165, 1.54) is 11.3 Å². The van der Waals surface area contributed by atoms with E-state index in [1.807, 2.05) is 10.3 Å². The highest BCUT2D eigenvalue weighted by Gasteiger charge is 2.14. The first kappa shape index (κ1) is 17.7. The Morgan fingerprint density at radius 2 is 2.04 bits per heavy atom. The van der Waals surface area contributed by atoms with Gasteiger partial charge in [0.05, 0.1) is 17.1 Å². The van der Waals surface area contributed by atoms with E-state index < -0.39 is 0 Å². The van der Waals surface area contributed by atoms with Gasteiger partial charge in [0.25, 0.3) is 0 Å². The van der Waals surface area contributed by atoms with E-state index in [2.05, 4.69) is 29.1 Å². The standard InChI is InChI=1S/C16H21ClN4OS/c1-3-7-21(8-4-2)15(22)9-13-11-23-16(19-13)20-14-6-5-12(17)10-18-14/h5-6,10-11H,3-4,7-9H2,1-2H3,(H,18,19,20). The smallest absolute Gasteiger partial charge is 0.228 e. The molecule has 2 aromatic rings. The summed E-state index contributed by atoms with van der Waals surface area (Å²) in [4.78, 5) is 22.9. The normalized spacial score (nSPS) is 10.6. The molecule has 0 saturated heterocycles. The number of carbonyl (C=O) groups is 1. The van der Waals surface area contributed by atoms with Gasteiger partial charge in [-0.25, -0.2) is 9.97 Å². The Hall–Kier alpha value is -1.66. The minimum absolute atomic E-state index is 0.134. The first-order valence-corrected chi connectivity index (χ1v) is 8.98. The maximum absolute atomic E-state index is 12.3. The summed E-state index contributed by atoms with van der Waals surface area (Å²) in [6.45, 7) is 5.77. The van der Waals surface area contributed by atoms with Crippen LogP contribution in [-0.4, -0.2) is 33.9 Å². The van der Waals surface area contributed by atoms with Gasteiger partial charge >= 0.3 is 0 Å². The fourth-order valence-corrected chi connectivity index (χ4v) is 3.00. The highest BCUT2D eigenvalue weighted by Crippen LogP contribution is 2.21. The minimum atomic E-state index is 0.134. The number of hydrogen-bond acceptors (Lipinski definition) is 5. The Balaban J connectivity index is 1.95. The molecule has 0 radical (unpaired) electrons. The van der Waals surface area contributed by atoms with Crippen LogP contribution in [0.3, 0.4) is 0 Å². The number of aromatic nitrogens is 2. The van der Waals surface area contributed by atoms with Crippen molar-refractivity contribution >= 4 is 39.8 Å². The summed E-state index contributed by atoms with van der Waals surface area (Å²) in [6, 6.07) is 3.56. The fourth-order valence-electron chi connectivity index (χ4n) is 2.17. The van der Waals surface area contributed by atoms with Gasteiger partial charge in [0, 0.05) is 24.7 Å². The number of anilines is 2. The van der Waals surface area contributed by atoms with Crippen LogP contribution in [0.5, 0.6) is 0 Å². The molecule has 0 spiro atoms. The second kappa shape index (κ2) is 8.84. The molecule has 2 aromatic heterocycles. The van der Waals surface area contributed by atoms with Crippen molar-refractivity contribution in [2.75, 3.05) is 18.4 Å². The van der Waals surface area contributed by atoms with Crippen molar-refractivity contribution in [3.05, 3.63) is 34.4 Å². The number of carbonyl (C=O) groups excluding carboxylic acids is 1. The minimum Gasteiger partial charge on any atom is -0.342 e. The number of halogens is 1. The summed E-state index contributed by atoms with van der Waals surface area (Å²) in [7, 11) is 0. The van der Waals surface area contributed by atoms with Gasteiger partial charge < -0.3 is 10.2 Å². The number of amides is 1. The van der Waals surface area contributed by atoms with Crippen LogP contribution in [0.1, 0.15) is 32.4 Å². The van der Waals surface area contributed by atoms with Gasteiger partial charge in [-0.15, -0.1) is 11.3 Å². The molecule has 0 aromatic carbocycles. The van der Waals surface area contributed by atoms with Crippen molar-refractivity contribution in [1.29, 1.82) is 0 Å². The van der Waals surface area contributed by atoms with Gasteiger partial charge in [-0.1, -0.05) is 25.4 Å². The second-order valence-electron chi connectivity index (χ2n) is 5.19. The van der Waals surface area contributed by atoms with Crippen LogP contribution < -0.4 is 5.32 Å². The molecular formula is C16H21ClN4OS. The number of thiazole rings is 1. The highest BCUT2D eigenvalue weighted by atomic mass is 35.5. The second-order valence-corrected chi connectivity index (χ2v) is 6.48. The van der Waals surface area contributed by atoms with Crippen LogP contribution in [0, 0.1) is 0 Å². The summed E-state index contributed by atoms with van der Waals surface area (Å²) in [5.41, 5.74) is 0.786. The lowest BCUT2D eigenvalue weighted by Gasteiger charge is -2.20. The van der Waals surface area contributed by atoms with Crippen molar-refractivity contribution in [3.63, 3.8) is 0 Å². The lowest BCUT2D eigenvalue weighted by atomic mass is 10.2. The van der Waals surface area contributed by atoms with Gasteiger partial charge in [-0.3, -0.25) is 4.79 Å². The molecule has 0 unspecified atom stereocenters. The van der Waals surface area contributed by atoms with Crippen molar-refractivity contribution in [2.24, 2.45) is 0 Å². The molecular weight excluding hydrogens is 332 g/mol. The Morgan fingerprint density at radius 1 is 1.30 bits per heavy atom. The maximum Gasteiger partial charge on any atom is 0.228 e.